The van der Waals surface area contributed by atoms with Gasteiger partial charge in [-0.1, -0.05) is 42.7 Å². The number of likely N-dealkylation sites (tertiary alicyclic amines) is 1. The predicted octanol–water partition coefficient (Wildman–Crippen LogP) is 5.16. The molecule has 0 radical (unpaired) electrons. The summed E-state index contributed by atoms with van der Waals surface area (Å²) < 4.78 is 10.6. The van der Waals surface area contributed by atoms with Gasteiger partial charge in [-0.3, -0.25) is 0 Å². The third kappa shape index (κ3) is 4.54. The van der Waals surface area contributed by atoms with Crippen molar-refractivity contribution in [3.63, 3.8) is 0 Å². The summed E-state index contributed by atoms with van der Waals surface area (Å²) in [5.74, 6) is 1.24. The van der Waals surface area contributed by atoms with Crippen molar-refractivity contribution in [2.45, 2.75) is 38.6 Å². The molecule has 1 heterocycles. The number of anilines is 1. The second kappa shape index (κ2) is 8.80. The highest BCUT2D eigenvalue weighted by molar-refractivity contribution is 5.90. The van der Waals surface area contributed by atoms with E-state index in [2.05, 4.69) is 36.5 Å². The number of benzene rings is 2. The maximum Gasteiger partial charge on any atom is 0.322 e. The first-order valence-electron chi connectivity index (χ1n) is 9.48. The Hall–Kier alpha value is -2.69. The fourth-order valence-electron chi connectivity index (χ4n) is 3.60. The number of nitrogens with zero attached hydrogens (tertiary/aromatic N) is 1. The smallest absolute Gasteiger partial charge is 0.322 e. The van der Waals surface area contributed by atoms with Gasteiger partial charge in [0.05, 0.1) is 20.3 Å². The largest absolute Gasteiger partial charge is 0.493 e. The van der Waals surface area contributed by atoms with E-state index >= 15 is 0 Å². The molecule has 0 bridgehead atoms. The normalized spacial score (nSPS) is 17.1. The van der Waals surface area contributed by atoms with Crippen molar-refractivity contribution >= 4 is 11.7 Å². The van der Waals surface area contributed by atoms with Gasteiger partial charge in [0.25, 0.3) is 0 Å². The number of aryl methyl sites for hydroxylation is 1. The molecule has 1 aliphatic heterocycles. The summed E-state index contributed by atoms with van der Waals surface area (Å²) >= 11 is 0. The molecule has 0 saturated carbocycles. The summed E-state index contributed by atoms with van der Waals surface area (Å²) in [6.45, 7) is 2.84. The number of nitrogens with one attached hydrogen (secondary N) is 1. The Kier molecular flexibility index (Phi) is 6.22. The Morgan fingerprint density at radius 2 is 1.74 bits per heavy atom. The van der Waals surface area contributed by atoms with Gasteiger partial charge >= 0.3 is 6.03 Å². The molecular formula is C22H28N2O3. The third-order valence-electron chi connectivity index (χ3n) is 5.11. The van der Waals surface area contributed by atoms with Crippen LogP contribution in [-0.2, 0) is 0 Å². The number of amides is 2. The Bertz CT molecular complexity index is 774. The number of ether oxygens (including phenoxy) is 2. The molecule has 144 valence electrons. The van der Waals surface area contributed by atoms with E-state index in [-0.39, 0.29) is 12.1 Å². The molecule has 5 heteroatoms. The molecule has 0 spiro atoms. The van der Waals surface area contributed by atoms with Crippen molar-refractivity contribution in [2.24, 2.45) is 0 Å². The molecule has 2 aromatic rings. The number of urea groups is 1. The van der Waals surface area contributed by atoms with E-state index in [1.165, 1.54) is 11.1 Å². The average Bonchev–Trinajstić information content (AvgIpc) is 2.94. The van der Waals surface area contributed by atoms with Gasteiger partial charge in [-0.15, -0.1) is 0 Å². The first-order valence-corrected chi connectivity index (χ1v) is 9.48. The Morgan fingerprint density at radius 1 is 1.00 bits per heavy atom. The molecule has 27 heavy (non-hydrogen) atoms. The fourth-order valence-corrected chi connectivity index (χ4v) is 3.60. The van der Waals surface area contributed by atoms with Crippen LogP contribution in [0.4, 0.5) is 10.5 Å². The number of hydrogen-bond acceptors (Lipinski definition) is 3. The van der Waals surface area contributed by atoms with Gasteiger partial charge in [-0.2, -0.15) is 0 Å². The SMILES string of the molecule is COc1ccc(NC(=O)N2CCCCC[C@H]2c2ccc(C)cc2)cc1OC. The Labute approximate surface area is 161 Å². The summed E-state index contributed by atoms with van der Waals surface area (Å²) in [6, 6.07) is 14.0. The second-order valence-electron chi connectivity index (χ2n) is 6.97. The number of hydrogen-bond donors (Lipinski definition) is 1. The quantitative estimate of drug-likeness (QED) is 0.811. The zero-order chi connectivity index (χ0) is 19.2. The Morgan fingerprint density at radius 3 is 2.44 bits per heavy atom. The van der Waals surface area contributed by atoms with Crippen LogP contribution < -0.4 is 14.8 Å². The first kappa shape index (κ1) is 19.1. The van der Waals surface area contributed by atoms with Gasteiger partial charge < -0.3 is 19.7 Å². The lowest BCUT2D eigenvalue weighted by molar-refractivity contribution is 0.189. The Balaban J connectivity index is 1.80. The van der Waals surface area contributed by atoms with E-state index in [0.29, 0.717) is 17.2 Å². The van der Waals surface area contributed by atoms with E-state index in [9.17, 15) is 4.79 Å². The van der Waals surface area contributed by atoms with Crippen LogP contribution in [0, 0.1) is 6.92 Å². The lowest BCUT2D eigenvalue weighted by Gasteiger charge is -2.30. The topological polar surface area (TPSA) is 50.8 Å². The molecule has 1 aliphatic rings. The molecule has 1 saturated heterocycles. The van der Waals surface area contributed by atoms with Crippen LogP contribution in [0.5, 0.6) is 11.5 Å². The molecule has 1 N–H and O–H groups in total. The van der Waals surface area contributed by atoms with Gasteiger partial charge in [0.1, 0.15) is 0 Å². The first-order chi connectivity index (χ1) is 13.1. The zero-order valence-corrected chi connectivity index (χ0v) is 16.3. The van der Waals surface area contributed by atoms with Crippen LogP contribution in [0.25, 0.3) is 0 Å². The molecule has 0 aliphatic carbocycles. The van der Waals surface area contributed by atoms with Gasteiger partial charge in [0, 0.05) is 18.3 Å². The van der Waals surface area contributed by atoms with Crippen LogP contribution in [0.15, 0.2) is 42.5 Å². The maximum absolute atomic E-state index is 13.1. The van der Waals surface area contributed by atoms with Crippen LogP contribution >= 0.6 is 0 Å². The van der Waals surface area contributed by atoms with Crippen molar-refractivity contribution in [3.05, 3.63) is 53.6 Å². The molecule has 1 fully saturated rings. The monoisotopic (exact) mass is 368 g/mol. The minimum Gasteiger partial charge on any atom is -0.493 e. The summed E-state index contributed by atoms with van der Waals surface area (Å²) in [4.78, 5) is 15.0. The lowest BCUT2D eigenvalue weighted by Crippen LogP contribution is -2.38. The molecule has 0 unspecified atom stereocenters. The number of rotatable bonds is 4. The highest BCUT2D eigenvalue weighted by Crippen LogP contribution is 2.33. The molecule has 5 nitrogen and oxygen atoms in total. The van der Waals surface area contributed by atoms with E-state index in [4.69, 9.17) is 9.47 Å². The molecule has 2 aromatic carbocycles. The van der Waals surface area contributed by atoms with Crippen molar-refractivity contribution in [1.29, 1.82) is 0 Å². The van der Waals surface area contributed by atoms with Crippen LogP contribution in [0.1, 0.15) is 42.9 Å². The second-order valence-corrected chi connectivity index (χ2v) is 6.97. The van der Waals surface area contributed by atoms with Gasteiger partial charge in [-0.25, -0.2) is 4.79 Å². The van der Waals surface area contributed by atoms with Gasteiger partial charge in [0.15, 0.2) is 11.5 Å². The van der Waals surface area contributed by atoms with E-state index < -0.39 is 0 Å². The maximum atomic E-state index is 13.1. The van der Waals surface area contributed by atoms with Crippen molar-refractivity contribution < 1.29 is 14.3 Å². The standard InChI is InChI=1S/C22H28N2O3/c1-16-8-10-17(11-9-16)19-7-5-4-6-14-24(19)22(25)23-18-12-13-20(26-2)21(15-18)27-3/h8-13,15,19H,4-7,14H2,1-3H3,(H,23,25)/t19-/m0/s1. The number of carbonyl (C=O) groups excluding carboxylic acids is 1. The van der Waals surface area contributed by atoms with E-state index in [0.717, 1.165) is 32.2 Å². The predicted molar refractivity (Wildman–Crippen MR) is 108 cm³/mol. The molecular weight excluding hydrogens is 340 g/mol. The van der Waals surface area contributed by atoms with Crippen LogP contribution in [-0.4, -0.2) is 31.7 Å². The van der Waals surface area contributed by atoms with E-state index in [1.54, 1.807) is 26.4 Å². The van der Waals surface area contributed by atoms with Crippen molar-refractivity contribution in [1.82, 2.24) is 4.90 Å². The third-order valence-corrected chi connectivity index (χ3v) is 5.11. The fraction of sp³-hybridized carbons (Fsp3) is 0.409. The molecule has 2 amide bonds. The van der Waals surface area contributed by atoms with Gasteiger partial charge in [0.2, 0.25) is 0 Å². The van der Waals surface area contributed by atoms with Crippen molar-refractivity contribution in [2.75, 3.05) is 26.1 Å². The summed E-state index contributed by atoms with van der Waals surface area (Å²) in [5.41, 5.74) is 3.13. The molecule has 3 rings (SSSR count). The molecule has 0 aromatic heterocycles. The van der Waals surface area contributed by atoms with Gasteiger partial charge in [-0.05, 0) is 37.5 Å². The highest BCUT2D eigenvalue weighted by Gasteiger charge is 2.27. The molecule has 1 atom stereocenters. The van der Waals surface area contributed by atoms with Crippen molar-refractivity contribution in [3.8, 4) is 11.5 Å². The zero-order valence-electron chi connectivity index (χ0n) is 16.3. The summed E-state index contributed by atoms with van der Waals surface area (Å²) in [5, 5.41) is 3.03. The average molecular weight is 368 g/mol. The van der Waals surface area contributed by atoms with Crippen LogP contribution in [0.2, 0.25) is 0 Å². The summed E-state index contributed by atoms with van der Waals surface area (Å²) in [7, 11) is 3.19. The lowest BCUT2D eigenvalue weighted by atomic mass is 10.00. The minimum atomic E-state index is -0.0744. The summed E-state index contributed by atoms with van der Waals surface area (Å²) in [6.07, 6.45) is 4.31. The van der Waals surface area contributed by atoms with Crippen LogP contribution in [0.3, 0.4) is 0 Å². The van der Waals surface area contributed by atoms with E-state index in [1.807, 2.05) is 11.0 Å². The number of methoxy groups -OCH3 is 2. The number of carbonyl (C=O) groups is 1. The highest BCUT2D eigenvalue weighted by atomic mass is 16.5. The minimum absolute atomic E-state index is 0.0744.